The van der Waals surface area contributed by atoms with Crippen LogP contribution in [-0.2, 0) is 11.2 Å². The third-order valence-electron chi connectivity index (χ3n) is 5.65. The molecular weight excluding hydrogens is 380 g/mol. The van der Waals surface area contributed by atoms with E-state index in [1.165, 1.54) is 0 Å². The van der Waals surface area contributed by atoms with E-state index in [4.69, 9.17) is 9.15 Å². The summed E-state index contributed by atoms with van der Waals surface area (Å²) in [5, 5.41) is 3.66. The Hall–Kier alpha value is -3.28. The minimum atomic E-state index is -0.201. The molecule has 0 unspecified atom stereocenters. The average Bonchev–Trinajstić information content (AvgIpc) is 3.12. The van der Waals surface area contributed by atoms with Crippen molar-refractivity contribution in [2.24, 2.45) is 5.92 Å². The van der Waals surface area contributed by atoms with Gasteiger partial charge in [-0.05, 0) is 48.6 Å². The lowest BCUT2D eigenvalue weighted by Gasteiger charge is -2.29. The fourth-order valence-corrected chi connectivity index (χ4v) is 3.79. The number of furan rings is 1. The van der Waals surface area contributed by atoms with Crippen LogP contribution in [-0.4, -0.2) is 36.9 Å². The normalized spacial score (nSPS) is 14.7. The van der Waals surface area contributed by atoms with Crippen LogP contribution >= 0.6 is 0 Å². The first-order valence-corrected chi connectivity index (χ1v) is 10.3. The Labute approximate surface area is 175 Å². The van der Waals surface area contributed by atoms with Crippen LogP contribution < -0.4 is 10.1 Å². The second-order valence-corrected chi connectivity index (χ2v) is 7.85. The van der Waals surface area contributed by atoms with E-state index in [0.717, 1.165) is 29.5 Å². The zero-order valence-electron chi connectivity index (χ0n) is 17.3. The molecule has 1 aliphatic heterocycles. The van der Waals surface area contributed by atoms with Crippen molar-refractivity contribution in [1.29, 1.82) is 0 Å². The highest BCUT2D eigenvalue weighted by atomic mass is 16.5. The molecule has 0 radical (unpaired) electrons. The van der Waals surface area contributed by atoms with E-state index >= 15 is 0 Å². The molecule has 30 heavy (non-hydrogen) atoms. The van der Waals surface area contributed by atoms with Crippen molar-refractivity contribution in [3.8, 4) is 5.75 Å². The maximum Gasteiger partial charge on any atom is 0.291 e. The number of fused-ring (bicyclic) bond motifs is 1. The van der Waals surface area contributed by atoms with Gasteiger partial charge in [-0.1, -0.05) is 31.2 Å². The fourth-order valence-electron chi connectivity index (χ4n) is 3.79. The molecule has 6 heteroatoms. The maximum atomic E-state index is 13.2. The molecule has 0 aliphatic carbocycles. The van der Waals surface area contributed by atoms with Crippen LogP contribution in [0.5, 0.6) is 5.75 Å². The Morgan fingerprint density at radius 2 is 1.80 bits per heavy atom. The molecule has 0 saturated carbocycles. The van der Waals surface area contributed by atoms with Crippen LogP contribution in [0.2, 0.25) is 0 Å². The van der Waals surface area contributed by atoms with Crippen LogP contribution in [0.1, 0.15) is 35.9 Å². The van der Waals surface area contributed by atoms with Gasteiger partial charge in [-0.2, -0.15) is 0 Å². The predicted molar refractivity (Wildman–Crippen MR) is 116 cm³/mol. The Balaban J connectivity index is 1.58. The van der Waals surface area contributed by atoms with E-state index in [0.29, 0.717) is 30.3 Å². The number of nitrogens with one attached hydrogen (secondary N) is 1. The minimum Gasteiger partial charge on any atom is -0.497 e. The molecule has 3 aromatic rings. The smallest absolute Gasteiger partial charge is 0.291 e. The standard InChI is InChI=1S/C24H26N2O4/c1-16-11-13-26(14-12-16)24(28)23-22(19-5-3-4-6-20(19)30-23)25-21(27)15-17-7-9-18(29-2)10-8-17/h3-10,16H,11-15H2,1-2H3,(H,25,27). The number of piperidine rings is 1. The van der Waals surface area contributed by atoms with Crippen molar-refractivity contribution in [2.45, 2.75) is 26.2 Å². The van der Waals surface area contributed by atoms with E-state index in [2.05, 4.69) is 12.2 Å². The van der Waals surface area contributed by atoms with Gasteiger partial charge < -0.3 is 19.4 Å². The first kappa shape index (κ1) is 20.0. The zero-order chi connectivity index (χ0) is 21.1. The molecule has 2 amide bonds. The molecule has 2 aromatic carbocycles. The molecule has 2 heterocycles. The molecule has 1 aliphatic rings. The Morgan fingerprint density at radius 3 is 2.50 bits per heavy atom. The number of anilines is 1. The Morgan fingerprint density at radius 1 is 1.10 bits per heavy atom. The van der Waals surface area contributed by atoms with Gasteiger partial charge in [0.15, 0.2) is 0 Å². The maximum absolute atomic E-state index is 13.2. The fraction of sp³-hybridized carbons (Fsp3) is 0.333. The molecule has 1 N–H and O–H groups in total. The molecule has 1 aromatic heterocycles. The lowest BCUT2D eigenvalue weighted by atomic mass is 9.99. The number of carbonyl (C=O) groups excluding carboxylic acids is 2. The SMILES string of the molecule is COc1ccc(CC(=O)Nc2c(C(=O)N3CCC(C)CC3)oc3ccccc23)cc1. The van der Waals surface area contributed by atoms with E-state index < -0.39 is 0 Å². The molecule has 6 nitrogen and oxygen atoms in total. The third-order valence-corrected chi connectivity index (χ3v) is 5.65. The van der Waals surface area contributed by atoms with Gasteiger partial charge in [-0.25, -0.2) is 0 Å². The lowest BCUT2D eigenvalue weighted by molar-refractivity contribution is -0.115. The first-order valence-electron chi connectivity index (χ1n) is 10.3. The number of rotatable bonds is 5. The summed E-state index contributed by atoms with van der Waals surface area (Å²) in [7, 11) is 1.60. The summed E-state index contributed by atoms with van der Waals surface area (Å²) in [4.78, 5) is 27.8. The Kier molecular flexibility index (Phi) is 5.74. The van der Waals surface area contributed by atoms with Crippen molar-refractivity contribution >= 4 is 28.5 Å². The molecular formula is C24H26N2O4. The highest BCUT2D eigenvalue weighted by Gasteiger charge is 2.28. The number of benzene rings is 2. The van der Waals surface area contributed by atoms with E-state index in [-0.39, 0.29) is 24.0 Å². The van der Waals surface area contributed by atoms with E-state index in [1.807, 2.05) is 53.4 Å². The second kappa shape index (κ2) is 8.61. The molecule has 0 atom stereocenters. The number of methoxy groups -OCH3 is 1. The van der Waals surface area contributed by atoms with Crippen molar-refractivity contribution in [3.63, 3.8) is 0 Å². The number of likely N-dealkylation sites (tertiary alicyclic amines) is 1. The summed E-state index contributed by atoms with van der Waals surface area (Å²) in [6.07, 6.45) is 2.15. The summed E-state index contributed by atoms with van der Waals surface area (Å²) >= 11 is 0. The first-order chi connectivity index (χ1) is 14.5. The highest BCUT2D eigenvalue weighted by molar-refractivity contribution is 6.11. The largest absolute Gasteiger partial charge is 0.497 e. The van der Waals surface area contributed by atoms with Crippen LogP contribution in [0.15, 0.2) is 52.9 Å². The highest BCUT2D eigenvalue weighted by Crippen LogP contribution is 2.33. The van der Waals surface area contributed by atoms with Crippen LogP contribution in [0.3, 0.4) is 0 Å². The number of carbonyl (C=O) groups is 2. The topological polar surface area (TPSA) is 71.8 Å². The monoisotopic (exact) mass is 406 g/mol. The van der Waals surface area contributed by atoms with Crippen LogP contribution in [0.25, 0.3) is 11.0 Å². The summed E-state index contributed by atoms with van der Waals surface area (Å²) in [6, 6.07) is 14.7. The van der Waals surface area contributed by atoms with Crippen molar-refractivity contribution in [3.05, 3.63) is 59.9 Å². The number of hydrogen-bond acceptors (Lipinski definition) is 4. The van der Waals surface area contributed by atoms with Gasteiger partial charge in [0.1, 0.15) is 17.0 Å². The summed E-state index contributed by atoms with van der Waals surface area (Å²) in [5.41, 5.74) is 1.90. The molecule has 0 spiro atoms. The van der Waals surface area contributed by atoms with Gasteiger partial charge in [0.25, 0.3) is 5.91 Å². The molecule has 156 valence electrons. The number of nitrogens with zero attached hydrogens (tertiary/aromatic N) is 1. The summed E-state index contributed by atoms with van der Waals surface area (Å²) in [5.74, 6) is 1.19. The van der Waals surface area contributed by atoms with E-state index in [9.17, 15) is 9.59 Å². The van der Waals surface area contributed by atoms with Gasteiger partial charge in [0.05, 0.1) is 13.5 Å². The van der Waals surface area contributed by atoms with Crippen LogP contribution in [0.4, 0.5) is 5.69 Å². The minimum absolute atomic E-state index is 0.169. The number of ether oxygens (including phenoxy) is 1. The van der Waals surface area contributed by atoms with Gasteiger partial charge >= 0.3 is 0 Å². The van der Waals surface area contributed by atoms with Crippen molar-refractivity contribution < 1.29 is 18.7 Å². The van der Waals surface area contributed by atoms with Crippen LogP contribution in [0, 0.1) is 5.92 Å². The number of amides is 2. The molecule has 1 fully saturated rings. The van der Waals surface area contributed by atoms with Crippen molar-refractivity contribution in [1.82, 2.24) is 4.90 Å². The number of hydrogen-bond donors (Lipinski definition) is 1. The summed E-state index contributed by atoms with van der Waals surface area (Å²) < 4.78 is 11.1. The van der Waals surface area contributed by atoms with E-state index in [1.54, 1.807) is 7.11 Å². The zero-order valence-corrected chi connectivity index (χ0v) is 17.3. The quantitative estimate of drug-likeness (QED) is 0.677. The average molecular weight is 406 g/mol. The molecule has 4 rings (SSSR count). The number of para-hydroxylation sites is 1. The third kappa shape index (κ3) is 4.17. The summed E-state index contributed by atoms with van der Waals surface area (Å²) in [6.45, 7) is 3.61. The molecule has 1 saturated heterocycles. The van der Waals surface area contributed by atoms with Gasteiger partial charge in [0, 0.05) is 18.5 Å². The van der Waals surface area contributed by atoms with Gasteiger partial charge in [0.2, 0.25) is 11.7 Å². The predicted octanol–water partition coefficient (Wildman–Crippen LogP) is 4.49. The second-order valence-electron chi connectivity index (χ2n) is 7.85. The Bertz CT molecular complexity index is 1050. The van der Waals surface area contributed by atoms with Crippen molar-refractivity contribution in [2.75, 3.05) is 25.5 Å². The molecule has 0 bridgehead atoms. The lowest BCUT2D eigenvalue weighted by Crippen LogP contribution is -2.38. The van der Waals surface area contributed by atoms with Gasteiger partial charge in [-0.3, -0.25) is 9.59 Å². The van der Waals surface area contributed by atoms with Gasteiger partial charge in [-0.15, -0.1) is 0 Å².